The quantitative estimate of drug-likeness (QED) is 0.871. The molecule has 102 valence electrons. The second kappa shape index (κ2) is 6.35. The molecule has 20 heavy (non-hydrogen) atoms. The van der Waals surface area contributed by atoms with Crippen molar-refractivity contribution in [3.63, 3.8) is 0 Å². The zero-order valence-electron chi connectivity index (χ0n) is 11.3. The van der Waals surface area contributed by atoms with E-state index in [1.54, 1.807) is 4.90 Å². The number of halogens is 1. The summed E-state index contributed by atoms with van der Waals surface area (Å²) in [5.41, 5.74) is 2.11. The second-order valence-electron chi connectivity index (χ2n) is 4.36. The van der Waals surface area contributed by atoms with Gasteiger partial charge in [0.1, 0.15) is 24.5 Å². The van der Waals surface area contributed by atoms with Gasteiger partial charge in [-0.3, -0.25) is 0 Å². The van der Waals surface area contributed by atoms with Gasteiger partial charge in [-0.1, -0.05) is 22.0 Å². The van der Waals surface area contributed by atoms with E-state index >= 15 is 0 Å². The van der Waals surface area contributed by atoms with Crippen molar-refractivity contribution in [2.24, 2.45) is 0 Å². The number of nitrogens with one attached hydrogen (secondary N) is 1. The van der Waals surface area contributed by atoms with Crippen LogP contribution < -0.4 is 10.2 Å². The third-order valence-electron chi connectivity index (χ3n) is 2.80. The molecule has 0 fully saturated rings. The van der Waals surface area contributed by atoms with Crippen LogP contribution in [0.2, 0.25) is 0 Å². The van der Waals surface area contributed by atoms with Gasteiger partial charge < -0.3 is 10.2 Å². The molecule has 0 aliphatic rings. The largest absolute Gasteiger partial charge is 0.346 e. The molecule has 0 saturated carbocycles. The van der Waals surface area contributed by atoms with E-state index in [1.807, 2.05) is 38.2 Å². The first-order valence-electron chi connectivity index (χ1n) is 6.03. The Labute approximate surface area is 126 Å². The topological polar surface area (TPSA) is 64.8 Å². The van der Waals surface area contributed by atoms with Crippen LogP contribution in [-0.4, -0.2) is 23.6 Å². The Kier molecular flexibility index (Phi) is 4.53. The van der Waals surface area contributed by atoms with Crippen LogP contribution in [0.1, 0.15) is 5.56 Å². The fourth-order valence-electron chi connectivity index (χ4n) is 1.63. The smallest absolute Gasteiger partial charge is 0.135 e. The molecule has 0 radical (unpaired) electrons. The predicted octanol–water partition coefficient (Wildman–Crippen LogP) is 3.25. The fourth-order valence-corrected chi connectivity index (χ4v) is 2.01. The number of aromatic nitrogens is 2. The van der Waals surface area contributed by atoms with Crippen molar-refractivity contribution in [1.82, 2.24) is 9.97 Å². The van der Waals surface area contributed by atoms with E-state index in [9.17, 15) is 0 Å². The molecule has 1 aromatic carbocycles. The van der Waals surface area contributed by atoms with Gasteiger partial charge in [0, 0.05) is 23.3 Å². The van der Waals surface area contributed by atoms with Crippen molar-refractivity contribution in [3.05, 3.63) is 40.6 Å². The van der Waals surface area contributed by atoms with Crippen molar-refractivity contribution in [2.75, 3.05) is 23.8 Å². The molecule has 2 aromatic rings. The van der Waals surface area contributed by atoms with Crippen LogP contribution in [0.3, 0.4) is 0 Å². The predicted molar refractivity (Wildman–Crippen MR) is 83.1 cm³/mol. The SMILES string of the molecule is Cc1ccc(Nc2cc(N(C)CC#N)ncn2)cc1Br. The summed E-state index contributed by atoms with van der Waals surface area (Å²) < 4.78 is 1.04. The molecule has 5 nitrogen and oxygen atoms in total. The molecule has 0 atom stereocenters. The summed E-state index contributed by atoms with van der Waals surface area (Å²) in [6, 6.07) is 9.91. The summed E-state index contributed by atoms with van der Waals surface area (Å²) in [4.78, 5) is 10.1. The van der Waals surface area contributed by atoms with Crippen LogP contribution in [-0.2, 0) is 0 Å². The molecule has 2 rings (SSSR count). The Hall–Kier alpha value is -2.13. The van der Waals surface area contributed by atoms with Crippen LogP contribution >= 0.6 is 15.9 Å². The molecule has 0 bridgehead atoms. The minimum atomic E-state index is 0.284. The maximum absolute atomic E-state index is 8.70. The van der Waals surface area contributed by atoms with E-state index < -0.39 is 0 Å². The summed E-state index contributed by atoms with van der Waals surface area (Å²) in [5.74, 6) is 1.39. The van der Waals surface area contributed by atoms with Gasteiger partial charge >= 0.3 is 0 Å². The molecule has 1 N–H and O–H groups in total. The number of anilines is 3. The molecule has 0 aliphatic heterocycles. The minimum Gasteiger partial charge on any atom is -0.346 e. The number of hydrogen-bond donors (Lipinski definition) is 1. The Bertz CT molecular complexity index is 650. The van der Waals surface area contributed by atoms with Gasteiger partial charge in [-0.25, -0.2) is 9.97 Å². The lowest BCUT2D eigenvalue weighted by molar-refractivity contribution is 0.981. The van der Waals surface area contributed by atoms with E-state index in [0.717, 1.165) is 10.2 Å². The van der Waals surface area contributed by atoms with Gasteiger partial charge in [0.2, 0.25) is 0 Å². The van der Waals surface area contributed by atoms with Gasteiger partial charge in [0.25, 0.3) is 0 Å². The Morgan fingerprint density at radius 2 is 2.15 bits per heavy atom. The first-order chi connectivity index (χ1) is 9.60. The van der Waals surface area contributed by atoms with Crippen molar-refractivity contribution >= 4 is 33.3 Å². The summed E-state index contributed by atoms with van der Waals surface area (Å²) in [6.07, 6.45) is 1.48. The molecule has 1 aromatic heterocycles. The van der Waals surface area contributed by atoms with E-state index in [4.69, 9.17) is 5.26 Å². The number of rotatable bonds is 4. The molecule has 0 aliphatic carbocycles. The summed E-state index contributed by atoms with van der Waals surface area (Å²) in [6.45, 7) is 2.32. The number of hydrogen-bond acceptors (Lipinski definition) is 5. The Balaban J connectivity index is 2.19. The van der Waals surface area contributed by atoms with E-state index in [1.165, 1.54) is 11.9 Å². The highest BCUT2D eigenvalue weighted by Gasteiger charge is 2.05. The summed E-state index contributed by atoms with van der Waals surface area (Å²) >= 11 is 3.50. The van der Waals surface area contributed by atoms with Crippen molar-refractivity contribution in [3.8, 4) is 6.07 Å². The molecule has 0 unspecified atom stereocenters. The average molecular weight is 332 g/mol. The van der Waals surface area contributed by atoms with Gasteiger partial charge in [0.05, 0.1) is 6.07 Å². The molecule has 0 amide bonds. The number of nitriles is 1. The van der Waals surface area contributed by atoms with Gasteiger partial charge in [-0.15, -0.1) is 0 Å². The monoisotopic (exact) mass is 331 g/mol. The van der Waals surface area contributed by atoms with Crippen molar-refractivity contribution in [2.45, 2.75) is 6.92 Å². The highest BCUT2D eigenvalue weighted by atomic mass is 79.9. The standard InChI is InChI=1S/C14H14BrN5/c1-10-3-4-11(7-12(10)15)19-13-8-14(18-9-17-13)20(2)6-5-16/h3-4,7-9H,6H2,1-2H3,(H,17,18,19). The third kappa shape index (κ3) is 3.45. The van der Waals surface area contributed by atoms with Crippen LogP contribution in [0.4, 0.5) is 17.3 Å². The maximum Gasteiger partial charge on any atom is 0.135 e. The lowest BCUT2D eigenvalue weighted by atomic mass is 10.2. The lowest BCUT2D eigenvalue weighted by Crippen LogP contribution is -2.18. The Morgan fingerprint density at radius 3 is 2.85 bits per heavy atom. The van der Waals surface area contributed by atoms with Crippen LogP contribution in [0.25, 0.3) is 0 Å². The average Bonchev–Trinajstić information content (AvgIpc) is 2.43. The van der Waals surface area contributed by atoms with Crippen LogP contribution in [0.5, 0.6) is 0 Å². The number of aryl methyl sites for hydroxylation is 1. The van der Waals surface area contributed by atoms with Gasteiger partial charge in [-0.2, -0.15) is 5.26 Å². The summed E-state index contributed by atoms with van der Waals surface area (Å²) in [7, 11) is 1.82. The van der Waals surface area contributed by atoms with Crippen LogP contribution in [0, 0.1) is 18.3 Å². The van der Waals surface area contributed by atoms with Gasteiger partial charge in [-0.05, 0) is 24.6 Å². The van der Waals surface area contributed by atoms with Crippen molar-refractivity contribution in [1.29, 1.82) is 5.26 Å². The molecule has 0 spiro atoms. The molecule has 6 heteroatoms. The highest BCUT2D eigenvalue weighted by molar-refractivity contribution is 9.10. The zero-order valence-corrected chi connectivity index (χ0v) is 12.8. The Morgan fingerprint density at radius 1 is 1.35 bits per heavy atom. The summed E-state index contributed by atoms with van der Waals surface area (Å²) in [5, 5.41) is 11.9. The van der Waals surface area contributed by atoms with E-state index in [-0.39, 0.29) is 6.54 Å². The molecule has 0 saturated heterocycles. The fraction of sp³-hybridized carbons (Fsp3) is 0.214. The normalized spacial score (nSPS) is 9.90. The molecular weight excluding hydrogens is 318 g/mol. The first kappa shape index (κ1) is 14.3. The first-order valence-corrected chi connectivity index (χ1v) is 6.83. The highest BCUT2D eigenvalue weighted by Crippen LogP contribution is 2.23. The van der Waals surface area contributed by atoms with Gasteiger partial charge in [0.15, 0.2) is 0 Å². The van der Waals surface area contributed by atoms with Crippen molar-refractivity contribution < 1.29 is 0 Å². The molecular formula is C14H14BrN5. The third-order valence-corrected chi connectivity index (χ3v) is 3.65. The second-order valence-corrected chi connectivity index (χ2v) is 5.22. The minimum absolute atomic E-state index is 0.284. The number of benzene rings is 1. The number of nitrogens with zero attached hydrogens (tertiary/aromatic N) is 4. The van der Waals surface area contributed by atoms with E-state index in [2.05, 4.69) is 37.3 Å². The van der Waals surface area contributed by atoms with Crippen LogP contribution in [0.15, 0.2) is 35.1 Å². The zero-order chi connectivity index (χ0) is 14.5. The maximum atomic E-state index is 8.70. The lowest BCUT2D eigenvalue weighted by Gasteiger charge is -2.15. The molecule has 1 heterocycles. The van der Waals surface area contributed by atoms with E-state index in [0.29, 0.717) is 11.6 Å².